The highest BCUT2D eigenvalue weighted by molar-refractivity contribution is 6.99. The van der Waals surface area contributed by atoms with Crippen molar-refractivity contribution in [2.24, 2.45) is 5.92 Å². The average molecular weight is 671 g/mol. The standard InChI is InChI=1S/C36H54N2O8Si/c1-24(40)37-30(29(41)22-39)31-25(21-28(32(42)45-34(2,3)4)38(31)33(43)46-35(5,6)7)23-44-47(36(8,9)10,26-17-13-11-14-18-26)27-19-15-12-16-20-27/h11-20,25,28-31,39,41H,21-23H2,1-10H3,(H,37,40)/t25-,28+,29-,30-,31+/m0/s1. The summed E-state index contributed by atoms with van der Waals surface area (Å²) in [6, 6.07) is 16.9. The maximum atomic E-state index is 14.0. The highest BCUT2D eigenvalue weighted by atomic mass is 28.4. The van der Waals surface area contributed by atoms with E-state index in [-0.39, 0.29) is 18.1 Å². The van der Waals surface area contributed by atoms with Crippen LogP contribution in [0.4, 0.5) is 4.79 Å². The highest BCUT2D eigenvalue weighted by Crippen LogP contribution is 2.40. The SMILES string of the molecule is CC(=O)N[C@H]([C@H]1[C@H](CO[Si](c2ccccc2)(c2ccccc2)C(C)(C)C)C[C@H](C(=O)OC(C)(C)C)N1C(=O)OC(C)(C)C)[C@@H](O)CO. The zero-order chi connectivity index (χ0) is 35.4. The van der Waals surface area contributed by atoms with Crippen LogP contribution in [-0.4, -0.2) is 90.0 Å². The molecule has 0 saturated carbocycles. The first-order valence-corrected chi connectivity index (χ1v) is 18.2. The Hall–Kier alpha value is -3.25. The molecule has 0 radical (unpaired) electrons. The molecule has 0 aliphatic carbocycles. The van der Waals surface area contributed by atoms with Crippen LogP contribution in [0.5, 0.6) is 0 Å². The van der Waals surface area contributed by atoms with Gasteiger partial charge in [0.1, 0.15) is 17.2 Å². The first-order chi connectivity index (χ1) is 21.7. The van der Waals surface area contributed by atoms with Gasteiger partial charge in [-0.25, -0.2) is 9.59 Å². The molecule has 3 N–H and O–H groups in total. The summed E-state index contributed by atoms with van der Waals surface area (Å²) >= 11 is 0. The number of hydrogen-bond acceptors (Lipinski definition) is 8. The van der Waals surface area contributed by atoms with Gasteiger partial charge in [0.2, 0.25) is 5.91 Å². The molecule has 5 atom stereocenters. The quantitative estimate of drug-likeness (QED) is 0.257. The molecule has 11 heteroatoms. The fraction of sp³-hybridized carbons (Fsp3) is 0.583. The van der Waals surface area contributed by atoms with E-state index in [0.29, 0.717) is 0 Å². The number of hydrogen-bond donors (Lipinski definition) is 3. The van der Waals surface area contributed by atoms with E-state index >= 15 is 0 Å². The van der Waals surface area contributed by atoms with Crippen molar-refractivity contribution < 1.29 is 38.5 Å². The first-order valence-electron chi connectivity index (χ1n) is 16.3. The van der Waals surface area contributed by atoms with Crippen molar-refractivity contribution in [1.29, 1.82) is 0 Å². The van der Waals surface area contributed by atoms with Crippen molar-refractivity contribution in [3.8, 4) is 0 Å². The number of aliphatic hydroxyl groups is 2. The second kappa shape index (κ2) is 14.9. The Kier molecular flexibility index (Phi) is 12.1. The molecular weight excluding hydrogens is 616 g/mol. The van der Waals surface area contributed by atoms with Crippen LogP contribution < -0.4 is 15.7 Å². The van der Waals surface area contributed by atoms with Gasteiger partial charge in [0.15, 0.2) is 0 Å². The fourth-order valence-corrected chi connectivity index (χ4v) is 11.1. The predicted octanol–water partition coefficient (Wildman–Crippen LogP) is 3.76. The number of carbonyl (C=O) groups is 3. The van der Waals surface area contributed by atoms with Gasteiger partial charge in [0.05, 0.1) is 24.8 Å². The van der Waals surface area contributed by atoms with Gasteiger partial charge in [-0.2, -0.15) is 0 Å². The third-order valence-corrected chi connectivity index (χ3v) is 13.2. The van der Waals surface area contributed by atoms with Crippen LogP contribution in [0.1, 0.15) is 75.7 Å². The number of amides is 2. The summed E-state index contributed by atoms with van der Waals surface area (Å²) in [5.41, 5.74) is -1.76. The van der Waals surface area contributed by atoms with E-state index in [1.807, 2.05) is 36.4 Å². The van der Waals surface area contributed by atoms with E-state index in [1.165, 1.54) is 11.8 Å². The number of esters is 1. The van der Waals surface area contributed by atoms with E-state index in [2.05, 4.69) is 50.4 Å². The normalized spacial score (nSPS) is 20.3. The molecule has 0 aromatic heterocycles. The fourth-order valence-electron chi connectivity index (χ4n) is 6.50. The highest BCUT2D eigenvalue weighted by Gasteiger charge is 2.56. The second-order valence-corrected chi connectivity index (χ2v) is 19.7. The Labute approximate surface area is 280 Å². The molecule has 1 fully saturated rings. The molecule has 47 heavy (non-hydrogen) atoms. The van der Waals surface area contributed by atoms with Crippen molar-refractivity contribution in [3.05, 3.63) is 60.7 Å². The Morgan fingerprint density at radius 1 is 0.872 bits per heavy atom. The average Bonchev–Trinajstić information content (AvgIpc) is 3.34. The molecule has 1 aliphatic heterocycles. The zero-order valence-electron chi connectivity index (χ0n) is 29.6. The van der Waals surface area contributed by atoms with Gasteiger partial charge in [-0.1, -0.05) is 81.4 Å². The van der Waals surface area contributed by atoms with Gasteiger partial charge in [-0.05, 0) is 63.4 Å². The third-order valence-electron chi connectivity index (χ3n) is 8.22. The van der Waals surface area contributed by atoms with Gasteiger partial charge >= 0.3 is 12.1 Å². The number of carbonyl (C=O) groups excluding carboxylic acids is 3. The Morgan fingerprint density at radius 2 is 1.36 bits per heavy atom. The summed E-state index contributed by atoms with van der Waals surface area (Å²) in [5.74, 6) is -1.69. The van der Waals surface area contributed by atoms with Crippen LogP contribution in [0, 0.1) is 5.92 Å². The monoisotopic (exact) mass is 670 g/mol. The molecule has 1 saturated heterocycles. The van der Waals surface area contributed by atoms with Crippen LogP contribution in [0.15, 0.2) is 60.7 Å². The Morgan fingerprint density at radius 3 is 1.77 bits per heavy atom. The summed E-state index contributed by atoms with van der Waals surface area (Å²) in [7, 11) is -3.07. The van der Waals surface area contributed by atoms with Gasteiger partial charge in [0.25, 0.3) is 8.32 Å². The smallest absolute Gasteiger partial charge is 0.411 e. The van der Waals surface area contributed by atoms with Gasteiger partial charge in [-0.3, -0.25) is 9.69 Å². The van der Waals surface area contributed by atoms with E-state index in [9.17, 15) is 24.6 Å². The summed E-state index contributed by atoms with van der Waals surface area (Å²) in [6.07, 6.45) is -2.14. The number of nitrogens with one attached hydrogen (secondary N) is 1. The number of nitrogens with zero attached hydrogens (tertiary/aromatic N) is 1. The zero-order valence-corrected chi connectivity index (χ0v) is 30.6. The van der Waals surface area contributed by atoms with Crippen LogP contribution in [0.3, 0.4) is 0 Å². The topological polar surface area (TPSA) is 135 Å². The number of aliphatic hydroxyl groups excluding tert-OH is 2. The summed E-state index contributed by atoms with van der Waals surface area (Å²) < 4.78 is 18.9. The van der Waals surface area contributed by atoms with Gasteiger partial charge in [-0.15, -0.1) is 0 Å². The molecule has 1 aliphatic rings. The maximum Gasteiger partial charge on any atom is 0.411 e. The Balaban J connectivity index is 2.24. The lowest BCUT2D eigenvalue weighted by Gasteiger charge is -2.44. The van der Waals surface area contributed by atoms with Crippen LogP contribution in [0.2, 0.25) is 5.04 Å². The minimum absolute atomic E-state index is 0.0742. The number of likely N-dealkylation sites (tertiary alicyclic amines) is 1. The molecule has 2 aromatic carbocycles. The van der Waals surface area contributed by atoms with E-state index < -0.39 is 74.2 Å². The molecule has 0 unspecified atom stereocenters. The van der Waals surface area contributed by atoms with Gasteiger partial charge < -0.3 is 29.4 Å². The maximum absolute atomic E-state index is 14.0. The molecule has 1 heterocycles. The minimum Gasteiger partial charge on any atom is -0.458 e. The van der Waals surface area contributed by atoms with Crippen molar-refractivity contribution in [2.45, 2.75) is 116 Å². The summed E-state index contributed by atoms with van der Waals surface area (Å²) in [5, 5.41) is 25.7. The molecule has 260 valence electrons. The van der Waals surface area contributed by atoms with Gasteiger partial charge in [0, 0.05) is 19.4 Å². The molecule has 0 bridgehead atoms. The molecule has 10 nitrogen and oxygen atoms in total. The molecule has 2 aromatic rings. The third kappa shape index (κ3) is 9.22. The first kappa shape index (κ1) is 38.2. The van der Waals surface area contributed by atoms with E-state index in [1.54, 1.807) is 41.5 Å². The number of benzene rings is 2. The number of ether oxygens (including phenoxy) is 2. The van der Waals surface area contributed by atoms with Crippen LogP contribution >= 0.6 is 0 Å². The van der Waals surface area contributed by atoms with Crippen molar-refractivity contribution in [3.63, 3.8) is 0 Å². The second-order valence-electron chi connectivity index (χ2n) is 15.4. The largest absolute Gasteiger partial charge is 0.458 e. The molecule has 3 rings (SSSR count). The minimum atomic E-state index is -3.07. The van der Waals surface area contributed by atoms with Crippen molar-refractivity contribution in [2.75, 3.05) is 13.2 Å². The predicted molar refractivity (Wildman–Crippen MR) is 184 cm³/mol. The Bertz CT molecular complexity index is 1310. The van der Waals surface area contributed by atoms with E-state index in [4.69, 9.17) is 13.9 Å². The summed E-state index contributed by atoms with van der Waals surface area (Å²) in [4.78, 5) is 41.6. The molecular formula is C36H54N2O8Si. The molecule has 2 amide bonds. The van der Waals surface area contributed by atoms with Crippen molar-refractivity contribution in [1.82, 2.24) is 10.2 Å². The summed E-state index contributed by atoms with van der Waals surface area (Å²) in [6.45, 7) is 17.5. The lowest BCUT2D eigenvalue weighted by atomic mass is 9.91. The molecule has 0 spiro atoms. The van der Waals surface area contributed by atoms with Crippen LogP contribution in [0.25, 0.3) is 0 Å². The lowest BCUT2D eigenvalue weighted by molar-refractivity contribution is -0.160. The van der Waals surface area contributed by atoms with Crippen LogP contribution in [-0.2, 0) is 23.5 Å². The van der Waals surface area contributed by atoms with Crippen molar-refractivity contribution >= 4 is 36.7 Å². The van der Waals surface area contributed by atoms with E-state index in [0.717, 1.165) is 10.4 Å². The lowest BCUT2D eigenvalue weighted by Crippen LogP contribution is -2.67. The number of rotatable bonds is 10.